The van der Waals surface area contributed by atoms with Crippen LogP contribution in [0, 0.1) is 5.82 Å². The Labute approximate surface area is 154 Å². The van der Waals surface area contributed by atoms with Crippen molar-refractivity contribution in [1.82, 2.24) is 15.2 Å². The SMILES string of the molecule is COc1ccc(-c2nc(NC(=O)COc3ccccc3F)n[nH]2)cc1OC. The maximum atomic E-state index is 13.5. The van der Waals surface area contributed by atoms with Crippen LogP contribution in [0.1, 0.15) is 0 Å². The van der Waals surface area contributed by atoms with Crippen molar-refractivity contribution in [3.8, 4) is 28.6 Å². The lowest BCUT2D eigenvalue weighted by Gasteiger charge is -2.08. The molecule has 0 unspecified atom stereocenters. The summed E-state index contributed by atoms with van der Waals surface area (Å²) in [4.78, 5) is 16.1. The summed E-state index contributed by atoms with van der Waals surface area (Å²) in [5.41, 5.74) is 0.697. The van der Waals surface area contributed by atoms with Crippen LogP contribution in [0.25, 0.3) is 11.4 Å². The first-order chi connectivity index (χ1) is 13.1. The zero-order chi connectivity index (χ0) is 19.2. The number of aromatic amines is 1. The van der Waals surface area contributed by atoms with Gasteiger partial charge in [-0.25, -0.2) is 4.39 Å². The number of benzene rings is 2. The number of halogens is 1. The fraction of sp³-hybridized carbons (Fsp3) is 0.167. The van der Waals surface area contributed by atoms with Crippen molar-refractivity contribution >= 4 is 11.9 Å². The number of aromatic nitrogens is 3. The number of H-pyrrole nitrogens is 1. The van der Waals surface area contributed by atoms with Crippen molar-refractivity contribution in [3.05, 3.63) is 48.3 Å². The summed E-state index contributed by atoms with van der Waals surface area (Å²) in [6.07, 6.45) is 0. The van der Waals surface area contributed by atoms with Crippen LogP contribution in [0.5, 0.6) is 17.2 Å². The molecule has 0 saturated carbocycles. The van der Waals surface area contributed by atoms with Crippen LogP contribution in [-0.4, -0.2) is 41.9 Å². The highest BCUT2D eigenvalue weighted by Gasteiger charge is 2.12. The van der Waals surface area contributed by atoms with Crippen LogP contribution in [-0.2, 0) is 4.79 Å². The Morgan fingerprint density at radius 3 is 2.63 bits per heavy atom. The smallest absolute Gasteiger partial charge is 0.264 e. The third kappa shape index (κ3) is 4.32. The summed E-state index contributed by atoms with van der Waals surface area (Å²) in [5.74, 6) is 0.557. The Morgan fingerprint density at radius 2 is 1.89 bits per heavy atom. The fourth-order valence-electron chi connectivity index (χ4n) is 2.30. The van der Waals surface area contributed by atoms with E-state index in [2.05, 4.69) is 20.5 Å². The average molecular weight is 372 g/mol. The Morgan fingerprint density at radius 1 is 1.11 bits per heavy atom. The predicted molar refractivity (Wildman–Crippen MR) is 95.4 cm³/mol. The van der Waals surface area contributed by atoms with Gasteiger partial charge in [0.1, 0.15) is 0 Å². The lowest BCUT2D eigenvalue weighted by atomic mass is 10.2. The number of hydrogen-bond donors (Lipinski definition) is 2. The van der Waals surface area contributed by atoms with Gasteiger partial charge in [-0.1, -0.05) is 12.1 Å². The summed E-state index contributed by atoms with van der Waals surface area (Å²) in [6.45, 7) is -0.374. The number of rotatable bonds is 7. The van der Waals surface area contributed by atoms with E-state index < -0.39 is 11.7 Å². The molecule has 1 amide bonds. The maximum absolute atomic E-state index is 13.5. The third-order valence-corrected chi connectivity index (χ3v) is 3.59. The lowest BCUT2D eigenvalue weighted by Crippen LogP contribution is -2.21. The van der Waals surface area contributed by atoms with E-state index in [0.717, 1.165) is 0 Å². The molecule has 0 atom stereocenters. The standard InChI is InChI=1S/C18H17FN4O4/c1-25-14-8-7-11(9-15(14)26-2)17-21-18(23-22-17)20-16(24)10-27-13-6-4-3-5-12(13)19/h3-9H,10H2,1-2H3,(H2,20,21,22,23,24). The van der Waals surface area contributed by atoms with E-state index in [1.165, 1.54) is 25.3 Å². The van der Waals surface area contributed by atoms with Crippen LogP contribution in [0.4, 0.5) is 10.3 Å². The van der Waals surface area contributed by atoms with Crippen molar-refractivity contribution in [2.45, 2.75) is 0 Å². The van der Waals surface area contributed by atoms with Crippen molar-refractivity contribution in [2.24, 2.45) is 0 Å². The van der Waals surface area contributed by atoms with Crippen molar-refractivity contribution < 1.29 is 23.4 Å². The Hall–Kier alpha value is -3.62. The molecular formula is C18H17FN4O4. The Kier molecular flexibility index (Phi) is 5.50. The van der Waals surface area contributed by atoms with E-state index in [0.29, 0.717) is 22.9 Å². The normalized spacial score (nSPS) is 10.3. The minimum atomic E-state index is -0.543. The number of carbonyl (C=O) groups excluding carboxylic acids is 1. The molecule has 3 aromatic rings. The molecule has 0 spiro atoms. The van der Waals surface area contributed by atoms with Crippen molar-refractivity contribution in [1.29, 1.82) is 0 Å². The molecule has 0 radical (unpaired) electrons. The number of para-hydroxylation sites is 1. The predicted octanol–water partition coefficient (Wildman–Crippen LogP) is 2.65. The van der Waals surface area contributed by atoms with E-state index in [-0.39, 0.29) is 18.3 Å². The molecule has 0 aliphatic rings. The van der Waals surface area contributed by atoms with E-state index in [9.17, 15) is 9.18 Å². The molecule has 1 heterocycles. The highest BCUT2D eigenvalue weighted by Crippen LogP contribution is 2.31. The van der Waals surface area contributed by atoms with Gasteiger partial charge in [0.15, 0.2) is 35.5 Å². The third-order valence-electron chi connectivity index (χ3n) is 3.59. The molecule has 0 fully saturated rings. The van der Waals surface area contributed by atoms with Gasteiger partial charge in [-0.15, -0.1) is 5.10 Å². The number of nitrogens with one attached hydrogen (secondary N) is 2. The minimum Gasteiger partial charge on any atom is -0.493 e. The topological polar surface area (TPSA) is 98.4 Å². The molecule has 0 bridgehead atoms. The number of ether oxygens (including phenoxy) is 3. The van der Waals surface area contributed by atoms with Crippen LogP contribution in [0.15, 0.2) is 42.5 Å². The van der Waals surface area contributed by atoms with Crippen molar-refractivity contribution in [3.63, 3.8) is 0 Å². The van der Waals surface area contributed by atoms with Gasteiger partial charge in [-0.3, -0.25) is 15.2 Å². The van der Waals surface area contributed by atoms with E-state index in [4.69, 9.17) is 14.2 Å². The molecule has 8 nitrogen and oxygen atoms in total. The summed E-state index contributed by atoms with van der Waals surface area (Å²) in [5, 5.41) is 9.14. The second-order valence-corrected chi connectivity index (χ2v) is 5.34. The molecule has 2 N–H and O–H groups in total. The molecule has 0 saturated heterocycles. The van der Waals surface area contributed by atoms with E-state index in [1.807, 2.05) is 0 Å². The summed E-state index contributed by atoms with van der Waals surface area (Å²) in [6, 6.07) is 11.1. The van der Waals surface area contributed by atoms with Gasteiger partial charge in [0, 0.05) is 5.56 Å². The van der Waals surface area contributed by atoms with Gasteiger partial charge in [0.2, 0.25) is 5.95 Å². The Balaban J connectivity index is 1.64. The molecule has 9 heteroatoms. The monoisotopic (exact) mass is 372 g/mol. The quantitative estimate of drug-likeness (QED) is 0.662. The molecule has 1 aromatic heterocycles. The Bertz CT molecular complexity index is 945. The summed E-state index contributed by atoms with van der Waals surface area (Å²) in [7, 11) is 3.08. The fourth-order valence-corrected chi connectivity index (χ4v) is 2.30. The van der Waals surface area contributed by atoms with Gasteiger partial charge < -0.3 is 14.2 Å². The highest BCUT2D eigenvalue weighted by molar-refractivity contribution is 5.90. The maximum Gasteiger partial charge on any atom is 0.264 e. The van der Waals surface area contributed by atoms with Crippen LogP contribution in [0.2, 0.25) is 0 Å². The van der Waals surface area contributed by atoms with Gasteiger partial charge in [-0.05, 0) is 30.3 Å². The molecule has 0 aliphatic heterocycles. The largest absolute Gasteiger partial charge is 0.493 e. The zero-order valence-corrected chi connectivity index (χ0v) is 14.7. The van der Waals surface area contributed by atoms with Crippen LogP contribution < -0.4 is 19.5 Å². The molecule has 0 aliphatic carbocycles. The minimum absolute atomic E-state index is 0.00588. The molecule has 27 heavy (non-hydrogen) atoms. The van der Waals surface area contributed by atoms with E-state index >= 15 is 0 Å². The second-order valence-electron chi connectivity index (χ2n) is 5.34. The number of nitrogens with zero attached hydrogens (tertiary/aromatic N) is 2. The number of amides is 1. The van der Waals surface area contributed by atoms with Gasteiger partial charge in [0.25, 0.3) is 5.91 Å². The van der Waals surface area contributed by atoms with Crippen LogP contribution in [0.3, 0.4) is 0 Å². The van der Waals surface area contributed by atoms with E-state index in [1.54, 1.807) is 31.4 Å². The first-order valence-electron chi connectivity index (χ1n) is 7.92. The first kappa shape index (κ1) is 18.2. The second kappa shape index (κ2) is 8.17. The average Bonchev–Trinajstić information content (AvgIpc) is 3.15. The summed E-state index contributed by atoms with van der Waals surface area (Å²) < 4.78 is 29.0. The first-order valence-corrected chi connectivity index (χ1v) is 7.92. The van der Waals surface area contributed by atoms with Gasteiger partial charge >= 0.3 is 0 Å². The molecule has 2 aromatic carbocycles. The molecule has 140 valence electrons. The molecule has 3 rings (SSSR count). The number of anilines is 1. The summed E-state index contributed by atoms with van der Waals surface area (Å²) >= 11 is 0. The lowest BCUT2D eigenvalue weighted by molar-refractivity contribution is -0.118. The zero-order valence-electron chi connectivity index (χ0n) is 14.7. The van der Waals surface area contributed by atoms with Crippen LogP contribution >= 0.6 is 0 Å². The highest BCUT2D eigenvalue weighted by atomic mass is 19.1. The van der Waals surface area contributed by atoms with Gasteiger partial charge in [0.05, 0.1) is 14.2 Å². The van der Waals surface area contributed by atoms with Gasteiger partial charge in [-0.2, -0.15) is 4.98 Å². The van der Waals surface area contributed by atoms with Crippen molar-refractivity contribution in [2.75, 3.05) is 26.1 Å². The molecular weight excluding hydrogens is 355 g/mol. The number of methoxy groups -OCH3 is 2. The number of hydrogen-bond acceptors (Lipinski definition) is 6. The number of carbonyl (C=O) groups is 1.